The van der Waals surface area contributed by atoms with Gasteiger partial charge in [-0.2, -0.15) is 11.8 Å². The quantitative estimate of drug-likeness (QED) is 0.604. The van der Waals surface area contributed by atoms with Crippen LogP contribution in [0.5, 0.6) is 0 Å². The maximum Gasteiger partial charge on any atom is 0.0551 e. The van der Waals surface area contributed by atoms with Gasteiger partial charge in [-0.3, -0.25) is 0 Å². The van der Waals surface area contributed by atoms with E-state index in [-0.39, 0.29) is 0 Å². The summed E-state index contributed by atoms with van der Waals surface area (Å²) >= 11 is 2.07. The predicted molar refractivity (Wildman–Crippen MR) is 51.5 cm³/mol. The minimum absolute atomic E-state index is 0.511. The monoisotopic (exact) mass is 169 g/mol. The van der Waals surface area contributed by atoms with Gasteiger partial charge >= 0.3 is 0 Å². The van der Waals surface area contributed by atoms with Gasteiger partial charge in [-0.25, -0.2) is 0 Å². The highest BCUT2D eigenvalue weighted by Gasteiger charge is 2.11. The van der Waals surface area contributed by atoms with Crippen molar-refractivity contribution in [3.63, 3.8) is 0 Å². The van der Waals surface area contributed by atoms with Crippen LogP contribution in [-0.2, 0) is 0 Å². The number of rotatable bonds is 1. The number of thioether (sulfide) groups is 1. The van der Waals surface area contributed by atoms with Gasteiger partial charge in [0.2, 0.25) is 0 Å². The number of nitrogens with two attached hydrogens (primary N) is 1. The molecule has 62 valence electrons. The van der Waals surface area contributed by atoms with Crippen molar-refractivity contribution in [2.45, 2.75) is 30.9 Å². The Bertz CT molecular complexity index is 151. The fraction of sp³-hybridized carbons (Fsp3) is 0.778. The second kappa shape index (κ2) is 5.51. The maximum atomic E-state index is 5.26. The van der Waals surface area contributed by atoms with Crippen molar-refractivity contribution < 1.29 is 0 Å². The summed E-state index contributed by atoms with van der Waals surface area (Å²) in [5.41, 5.74) is 5.26. The zero-order valence-corrected chi connectivity index (χ0v) is 7.62. The summed E-state index contributed by atoms with van der Waals surface area (Å²) < 4.78 is 0. The van der Waals surface area contributed by atoms with Crippen LogP contribution in [0.2, 0.25) is 0 Å². The van der Waals surface area contributed by atoms with E-state index < -0.39 is 0 Å². The van der Waals surface area contributed by atoms with Crippen LogP contribution in [0.4, 0.5) is 0 Å². The molecule has 1 rings (SSSR count). The van der Waals surface area contributed by atoms with Gasteiger partial charge in [-0.1, -0.05) is 12.3 Å². The third kappa shape index (κ3) is 3.69. The summed E-state index contributed by atoms with van der Waals surface area (Å²) in [4.78, 5) is 0. The molecule has 0 bridgehead atoms. The fourth-order valence-electron chi connectivity index (χ4n) is 1.23. The fourth-order valence-corrected chi connectivity index (χ4v) is 2.47. The molecule has 0 saturated carbocycles. The molecule has 1 unspecified atom stereocenters. The van der Waals surface area contributed by atoms with Crippen molar-refractivity contribution in [3.8, 4) is 11.8 Å². The Kier molecular flexibility index (Phi) is 4.49. The molecule has 2 heteroatoms. The molecule has 1 aliphatic rings. The van der Waals surface area contributed by atoms with Crippen molar-refractivity contribution in [1.82, 2.24) is 0 Å². The van der Waals surface area contributed by atoms with Gasteiger partial charge in [-0.05, 0) is 18.6 Å². The Labute approximate surface area is 73.1 Å². The van der Waals surface area contributed by atoms with E-state index in [0.717, 1.165) is 11.7 Å². The number of hydrogen-bond donors (Lipinski definition) is 1. The minimum Gasteiger partial charge on any atom is -0.320 e. The third-order valence-electron chi connectivity index (χ3n) is 1.83. The number of hydrogen-bond acceptors (Lipinski definition) is 2. The van der Waals surface area contributed by atoms with Crippen molar-refractivity contribution in [2.24, 2.45) is 5.73 Å². The molecular formula is C9H15NS. The van der Waals surface area contributed by atoms with Crippen LogP contribution < -0.4 is 5.73 Å². The first-order valence-electron chi connectivity index (χ1n) is 4.21. The Morgan fingerprint density at radius 1 is 1.36 bits per heavy atom. The van der Waals surface area contributed by atoms with Gasteiger partial charge in [0.15, 0.2) is 0 Å². The van der Waals surface area contributed by atoms with Gasteiger partial charge in [0, 0.05) is 11.7 Å². The largest absolute Gasteiger partial charge is 0.320 e. The van der Waals surface area contributed by atoms with E-state index in [1.807, 2.05) is 0 Å². The average Bonchev–Trinajstić information content (AvgIpc) is 2.07. The maximum absolute atomic E-state index is 5.26. The Balaban J connectivity index is 2.14. The summed E-state index contributed by atoms with van der Waals surface area (Å²) in [6.45, 7) is 0.511. The first kappa shape index (κ1) is 8.96. The minimum atomic E-state index is 0.511. The lowest BCUT2D eigenvalue weighted by atomic mass is 10.1. The highest BCUT2D eigenvalue weighted by Crippen LogP contribution is 2.26. The van der Waals surface area contributed by atoms with Crippen LogP contribution in [0.15, 0.2) is 0 Å². The van der Waals surface area contributed by atoms with Crippen LogP contribution in [0, 0.1) is 11.8 Å². The first-order chi connectivity index (χ1) is 5.43. The van der Waals surface area contributed by atoms with Gasteiger partial charge in [-0.15, -0.1) is 5.92 Å². The van der Waals surface area contributed by atoms with Crippen molar-refractivity contribution in [2.75, 3.05) is 12.3 Å². The highest BCUT2D eigenvalue weighted by molar-refractivity contribution is 7.99. The molecule has 2 N–H and O–H groups in total. The summed E-state index contributed by atoms with van der Waals surface area (Å²) in [6, 6.07) is 0. The lowest BCUT2D eigenvalue weighted by molar-refractivity contribution is 0.672. The second-order valence-electron chi connectivity index (χ2n) is 2.75. The molecule has 0 aromatic carbocycles. The molecule has 1 fully saturated rings. The van der Waals surface area contributed by atoms with E-state index in [0.29, 0.717) is 6.54 Å². The van der Waals surface area contributed by atoms with E-state index in [1.165, 1.54) is 25.0 Å². The molecule has 0 aromatic heterocycles. The van der Waals surface area contributed by atoms with E-state index in [4.69, 9.17) is 5.73 Å². The summed E-state index contributed by atoms with van der Waals surface area (Å²) in [6.07, 6.45) is 5.18. The van der Waals surface area contributed by atoms with Crippen molar-refractivity contribution in [3.05, 3.63) is 0 Å². The SMILES string of the molecule is NCC#CCC1CCCCS1. The Morgan fingerprint density at radius 3 is 2.91 bits per heavy atom. The molecule has 0 amide bonds. The normalized spacial score (nSPS) is 23.9. The van der Waals surface area contributed by atoms with Gasteiger partial charge in [0.25, 0.3) is 0 Å². The Hall–Kier alpha value is -0.130. The summed E-state index contributed by atoms with van der Waals surface area (Å²) in [7, 11) is 0. The lowest BCUT2D eigenvalue weighted by Gasteiger charge is -2.18. The van der Waals surface area contributed by atoms with Crippen molar-refractivity contribution >= 4 is 11.8 Å². The smallest absolute Gasteiger partial charge is 0.0551 e. The molecule has 1 aliphatic heterocycles. The van der Waals surface area contributed by atoms with Crippen LogP contribution in [0.25, 0.3) is 0 Å². The molecule has 0 spiro atoms. The standard InChI is InChI=1S/C9H15NS/c10-7-3-1-5-9-6-2-4-8-11-9/h9H,2,4-8,10H2. The highest BCUT2D eigenvalue weighted by atomic mass is 32.2. The molecule has 1 nitrogen and oxygen atoms in total. The molecule has 1 atom stereocenters. The van der Waals surface area contributed by atoms with Gasteiger partial charge in [0.05, 0.1) is 6.54 Å². The zero-order chi connectivity index (χ0) is 7.94. The van der Waals surface area contributed by atoms with Crippen molar-refractivity contribution in [1.29, 1.82) is 0 Å². The third-order valence-corrected chi connectivity index (χ3v) is 3.23. The van der Waals surface area contributed by atoms with Crippen LogP contribution >= 0.6 is 11.8 Å². The van der Waals surface area contributed by atoms with E-state index in [2.05, 4.69) is 23.6 Å². The van der Waals surface area contributed by atoms with E-state index in [1.54, 1.807) is 0 Å². The molecular weight excluding hydrogens is 154 g/mol. The van der Waals surface area contributed by atoms with Crippen LogP contribution in [-0.4, -0.2) is 17.5 Å². The lowest BCUT2D eigenvalue weighted by Crippen LogP contribution is -2.08. The predicted octanol–water partition coefficient (Wildman–Crippen LogP) is 1.62. The first-order valence-corrected chi connectivity index (χ1v) is 5.25. The van der Waals surface area contributed by atoms with Gasteiger partial charge < -0.3 is 5.73 Å². The molecule has 0 aromatic rings. The molecule has 0 aliphatic carbocycles. The summed E-state index contributed by atoms with van der Waals surface area (Å²) in [5.74, 6) is 7.35. The topological polar surface area (TPSA) is 26.0 Å². The van der Waals surface area contributed by atoms with Crippen LogP contribution in [0.1, 0.15) is 25.7 Å². The average molecular weight is 169 g/mol. The molecule has 1 saturated heterocycles. The summed E-state index contributed by atoms with van der Waals surface area (Å²) in [5, 5.41) is 0.794. The Morgan fingerprint density at radius 2 is 2.27 bits per heavy atom. The second-order valence-corrected chi connectivity index (χ2v) is 4.16. The molecule has 1 heterocycles. The molecule has 11 heavy (non-hydrogen) atoms. The van der Waals surface area contributed by atoms with E-state index >= 15 is 0 Å². The van der Waals surface area contributed by atoms with Gasteiger partial charge in [0.1, 0.15) is 0 Å². The zero-order valence-electron chi connectivity index (χ0n) is 6.81. The van der Waals surface area contributed by atoms with E-state index in [9.17, 15) is 0 Å². The molecule has 0 radical (unpaired) electrons. The van der Waals surface area contributed by atoms with Crippen LogP contribution in [0.3, 0.4) is 0 Å².